The lowest BCUT2D eigenvalue weighted by atomic mass is 9.97. The number of nitrogens with one attached hydrogen (secondary N) is 1. The zero-order chi connectivity index (χ0) is 27.1. The van der Waals surface area contributed by atoms with Gasteiger partial charge in [-0.15, -0.1) is 5.10 Å². The molecule has 1 N–H and O–H groups in total. The van der Waals surface area contributed by atoms with Gasteiger partial charge in [0.05, 0.1) is 19.9 Å². The van der Waals surface area contributed by atoms with E-state index in [1.54, 1.807) is 14.2 Å². The average molecular weight is 557 g/mol. The Morgan fingerprint density at radius 1 is 0.949 bits per heavy atom. The third-order valence-corrected chi connectivity index (χ3v) is 7.85. The molecular weight excluding hydrogens is 528 g/mol. The molecule has 0 amide bonds. The van der Waals surface area contributed by atoms with Gasteiger partial charge in [-0.3, -0.25) is 0 Å². The number of aryl methyl sites for hydroxylation is 3. The molecule has 1 aliphatic rings. The molecule has 5 aromatic rings. The predicted molar refractivity (Wildman–Crippen MR) is 162 cm³/mol. The van der Waals surface area contributed by atoms with Crippen molar-refractivity contribution in [3.8, 4) is 34.0 Å². The van der Waals surface area contributed by atoms with Gasteiger partial charge in [0, 0.05) is 34.3 Å². The molecule has 0 saturated heterocycles. The van der Waals surface area contributed by atoms with Gasteiger partial charge in [-0.2, -0.15) is 0 Å². The molecular formula is C31H29ClN4O2S. The molecule has 6 nitrogen and oxygen atoms in total. The molecule has 1 aliphatic heterocycles. The molecule has 0 fully saturated rings. The Kier molecular flexibility index (Phi) is 6.79. The first-order valence-corrected chi connectivity index (χ1v) is 13.8. The minimum absolute atomic E-state index is 0.561. The molecule has 8 heteroatoms. The molecule has 3 aromatic carbocycles. The Morgan fingerprint density at radius 3 is 2.41 bits per heavy atom. The number of benzene rings is 3. The van der Waals surface area contributed by atoms with Gasteiger partial charge in [-0.1, -0.05) is 53.6 Å². The minimum atomic E-state index is 0.561. The fraction of sp³-hybridized carbons (Fsp3) is 0.226. The van der Waals surface area contributed by atoms with Crippen LogP contribution in [0.4, 0.5) is 5.69 Å². The van der Waals surface area contributed by atoms with E-state index in [1.165, 1.54) is 11.1 Å². The summed E-state index contributed by atoms with van der Waals surface area (Å²) in [5.41, 5.74) is 8.42. The summed E-state index contributed by atoms with van der Waals surface area (Å²) in [7, 11) is 3.29. The van der Waals surface area contributed by atoms with Crippen LogP contribution >= 0.6 is 23.8 Å². The van der Waals surface area contributed by atoms with Crippen LogP contribution in [0.5, 0.6) is 11.5 Å². The summed E-state index contributed by atoms with van der Waals surface area (Å²) in [6.07, 6.45) is 3.11. The predicted octanol–water partition coefficient (Wildman–Crippen LogP) is 7.57. The van der Waals surface area contributed by atoms with Crippen molar-refractivity contribution in [1.29, 1.82) is 0 Å². The number of thiocarbonyl (C=S) groups is 1. The third-order valence-electron chi connectivity index (χ3n) is 7.30. The zero-order valence-corrected chi connectivity index (χ0v) is 23.7. The number of rotatable bonds is 6. The van der Waals surface area contributed by atoms with Crippen molar-refractivity contribution >= 4 is 40.1 Å². The highest BCUT2D eigenvalue weighted by Gasteiger charge is 2.29. The van der Waals surface area contributed by atoms with E-state index < -0.39 is 0 Å². The van der Waals surface area contributed by atoms with Gasteiger partial charge in [0.1, 0.15) is 27.8 Å². The largest absolute Gasteiger partial charge is 0.497 e. The summed E-state index contributed by atoms with van der Waals surface area (Å²) in [4.78, 5) is 0.561. The molecule has 6 rings (SSSR count). The van der Waals surface area contributed by atoms with E-state index in [0.29, 0.717) is 21.5 Å². The highest BCUT2D eigenvalue weighted by Crippen LogP contribution is 2.39. The van der Waals surface area contributed by atoms with Crippen molar-refractivity contribution in [1.82, 2.24) is 14.2 Å². The van der Waals surface area contributed by atoms with Gasteiger partial charge in [0.25, 0.3) is 0 Å². The molecule has 0 aliphatic carbocycles. The Hall–Kier alpha value is -3.81. The summed E-state index contributed by atoms with van der Waals surface area (Å²) in [5, 5.41) is 9.34. The average Bonchev–Trinajstić information content (AvgIpc) is 3.36. The highest BCUT2D eigenvalue weighted by molar-refractivity contribution is 7.81. The lowest BCUT2D eigenvalue weighted by molar-refractivity contribution is 0.405. The Morgan fingerprint density at radius 2 is 1.69 bits per heavy atom. The van der Waals surface area contributed by atoms with E-state index in [-0.39, 0.29) is 0 Å². The number of hydrogen-bond donors (Lipinski definition) is 1. The van der Waals surface area contributed by atoms with E-state index in [1.807, 2.05) is 47.0 Å². The summed E-state index contributed by atoms with van der Waals surface area (Å²) >= 11 is 12.3. The Balaban J connectivity index is 1.59. The van der Waals surface area contributed by atoms with Crippen LogP contribution in [-0.2, 0) is 13.0 Å². The fourth-order valence-corrected chi connectivity index (χ4v) is 5.81. The molecule has 0 saturated carbocycles. The van der Waals surface area contributed by atoms with Crippen LogP contribution in [0.1, 0.15) is 29.7 Å². The number of ether oxygens (including phenoxy) is 2. The lowest BCUT2D eigenvalue weighted by Crippen LogP contribution is -2.15. The molecule has 39 heavy (non-hydrogen) atoms. The number of halogens is 1. The highest BCUT2D eigenvalue weighted by atomic mass is 35.5. The van der Waals surface area contributed by atoms with Crippen LogP contribution in [0.25, 0.3) is 28.2 Å². The van der Waals surface area contributed by atoms with Crippen molar-refractivity contribution in [2.24, 2.45) is 0 Å². The molecule has 0 bridgehead atoms. The van der Waals surface area contributed by atoms with Gasteiger partial charge in [-0.05, 0) is 68.1 Å². The van der Waals surface area contributed by atoms with Crippen LogP contribution in [-0.4, -0.2) is 33.4 Å². The quantitative estimate of drug-likeness (QED) is 0.219. The Labute approximate surface area is 238 Å². The van der Waals surface area contributed by atoms with E-state index in [9.17, 15) is 0 Å². The van der Waals surface area contributed by atoms with Crippen LogP contribution < -0.4 is 14.8 Å². The van der Waals surface area contributed by atoms with Crippen molar-refractivity contribution in [3.63, 3.8) is 0 Å². The van der Waals surface area contributed by atoms with Crippen LogP contribution in [0.2, 0.25) is 5.02 Å². The van der Waals surface area contributed by atoms with Gasteiger partial charge in [-0.25, -0.2) is 4.52 Å². The number of nitrogens with zero attached hydrogens (tertiary/aromatic N) is 3. The minimum Gasteiger partial charge on any atom is -0.497 e. The van der Waals surface area contributed by atoms with E-state index in [4.69, 9.17) is 38.4 Å². The fourth-order valence-electron chi connectivity index (χ4n) is 5.38. The van der Waals surface area contributed by atoms with E-state index >= 15 is 0 Å². The second-order valence-corrected chi connectivity index (χ2v) is 10.6. The maximum Gasteiger partial charge on any atom is 0.162 e. The zero-order valence-electron chi connectivity index (χ0n) is 22.1. The molecule has 0 radical (unpaired) electrons. The van der Waals surface area contributed by atoms with E-state index in [0.717, 1.165) is 65.4 Å². The topological polar surface area (TPSA) is 52.7 Å². The van der Waals surface area contributed by atoms with Gasteiger partial charge in [0.2, 0.25) is 0 Å². The summed E-state index contributed by atoms with van der Waals surface area (Å²) in [5.74, 6) is 2.30. The SMILES string of the molecule is COc1ccc(OC)c(NC(=S)c2c(-c3ccc(C)cc3)c3c4n(c(-c5ccc(Cl)cc5)nn24)CCCC3)c1. The second-order valence-electron chi connectivity index (χ2n) is 9.76. The maximum absolute atomic E-state index is 6.21. The van der Waals surface area contributed by atoms with Gasteiger partial charge in [0.15, 0.2) is 5.82 Å². The molecule has 3 heterocycles. The van der Waals surface area contributed by atoms with Crippen molar-refractivity contribution in [2.75, 3.05) is 19.5 Å². The number of methoxy groups -OCH3 is 2. The standard InChI is InChI=1S/C31H29ClN4O2S/c1-19-7-9-20(10-8-19)27-24-6-4-5-17-35-29(21-11-13-22(32)14-12-21)34-36(31(24)35)28(27)30(39)33-25-18-23(37-2)15-16-26(25)38-3/h7-16,18H,4-6,17H2,1-3H3,(H,33,39). The van der Waals surface area contributed by atoms with Crippen molar-refractivity contribution < 1.29 is 9.47 Å². The van der Waals surface area contributed by atoms with Crippen molar-refractivity contribution in [2.45, 2.75) is 32.7 Å². The number of anilines is 1. The first-order chi connectivity index (χ1) is 19.0. The number of aromatic nitrogens is 3. The first-order valence-electron chi connectivity index (χ1n) is 13.0. The molecule has 0 atom stereocenters. The smallest absolute Gasteiger partial charge is 0.162 e. The van der Waals surface area contributed by atoms with E-state index in [2.05, 4.69) is 41.1 Å². The first kappa shape index (κ1) is 25.5. The summed E-state index contributed by atoms with van der Waals surface area (Å²) in [6, 6.07) is 22.1. The Bertz CT molecular complexity index is 1690. The van der Waals surface area contributed by atoms with Gasteiger partial charge >= 0.3 is 0 Å². The molecule has 198 valence electrons. The maximum atomic E-state index is 6.21. The third kappa shape index (κ3) is 4.56. The second kappa shape index (κ2) is 10.4. The molecule has 2 aromatic heterocycles. The monoisotopic (exact) mass is 556 g/mol. The molecule has 0 spiro atoms. The summed E-state index contributed by atoms with van der Waals surface area (Å²) in [6.45, 7) is 2.99. The van der Waals surface area contributed by atoms with Crippen LogP contribution in [0.15, 0.2) is 66.7 Å². The normalized spacial score (nSPS) is 12.8. The van der Waals surface area contributed by atoms with Crippen LogP contribution in [0, 0.1) is 6.92 Å². The van der Waals surface area contributed by atoms with Crippen molar-refractivity contribution in [3.05, 3.63) is 88.6 Å². The summed E-state index contributed by atoms with van der Waals surface area (Å²) < 4.78 is 15.5. The van der Waals surface area contributed by atoms with Gasteiger partial charge < -0.3 is 19.4 Å². The van der Waals surface area contributed by atoms with Crippen LogP contribution in [0.3, 0.4) is 0 Å². The lowest BCUT2D eigenvalue weighted by Gasteiger charge is -2.15. The molecule has 0 unspecified atom stereocenters. The number of hydrogen-bond acceptors (Lipinski definition) is 4.